The first-order valence-corrected chi connectivity index (χ1v) is 8.08. The number of pyridine rings is 1. The Morgan fingerprint density at radius 3 is 2.86 bits per heavy atom. The van der Waals surface area contributed by atoms with E-state index in [1.54, 1.807) is 17.6 Å². The van der Waals surface area contributed by atoms with Crippen molar-refractivity contribution in [2.24, 2.45) is 0 Å². The molecule has 0 radical (unpaired) electrons. The number of aromatic nitrogens is 3. The molecular weight excluding hydrogens is 302 g/mol. The lowest BCUT2D eigenvalue weighted by Gasteiger charge is -2.28. The SMILES string of the molecule is O=C(Nc1nncs1)c1ccc(NC2CCCCC2O)nc1. The second-order valence-electron chi connectivity index (χ2n) is 5.23. The van der Waals surface area contributed by atoms with E-state index in [9.17, 15) is 9.90 Å². The summed E-state index contributed by atoms with van der Waals surface area (Å²) in [7, 11) is 0. The summed E-state index contributed by atoms with van der Waals surface area (Å²) in [5, 5.41) is 23.7. The maximum absolute atomic E-state index is 12.0. The summed E-state index contributed by atoms with van der Waals surface area (Å²) in [5.74, 6) is 0.395. The third-order valence-electron chi connectivity index (χ3n) is 3.67. The number of rotatable bonds is 4. The normalized spacial score (nSPS) is 21.3. The predicted octanol–water partition coefficient (Wildman–Crippen LogP) is 1.90. The number of aliphatic hydroxyl groups is 1. The van der Waals surface area contributed by atoms with Crippen molar-refractivity contribution in [3.05, 3.63) is 29.4 Å². The number of hydrogen-bond acceptors (Lipinski definition) is 7. The lowest BCUT2D eigenvalue weighted by Crippen LogP contribution is -2.36. The molecule has 1 fully saturated rings. The molecule has 1 aliphatic rings. The number of carbonyl (C=O) groups is 1. The van der Waals surface area contributed by atoms with Crippen molar-refractivity contribution in [1.29, 1.82) is 0 Å². The Bertz CT molecular complexity index is 617. The summed E-state index contributed by atoms with van der Waals surface area (Å²) in [5.41, 5.74) is 2.00. The van der Waals surface area contributed by atoms with Crippen LogP contribution in [-0.4, -0.2) is 38.3 Å². The molecule has 0 saturated heterocycles. The molecule has 2 aromatic heterocycles. The molecule has 1 saturated carbocycles. The molecule has 2 atom stereocenters. The van der Waals surface area contributed by atoms with E-state index in [-0.39, 0.29) is 18.1 Å². The van der Waals surface area contributed by atoms with Crippen molar-refractivity contribution in [3.63, 3.8) is 0 Å². The van der Waals surface area contributed by atoms with Crippen molar-refractivity contribution in [1.82, 2.24) is 15.2 Å². The van der Waals surface area contributed by atoms with Gasteiger partial charge in [-0.2, -0.15) is 0 Å². The van der Waals surface area contributed by atoms with Crippen LogP contribution in [0.25, 0.3) is 0 Å². The first-order valence-electron chi connectivity index (χ1n) is 7.20. The van der Waals surface area contributed by atoms with Gasteiger partial charge in [0.25, 0.3) is 5.91 Å². The van der Waals surface area contributed by atoms with Gasteiger partial charge in [0.05, 0.1) is 17.7 Å². The molecule has 1 aliphatic carbocycles. The molecular formula is C14H17N5O2S. The fourth-order valence-corrected chi connectivity index (χ4v) is 2.92. The summed E-state index contributed by atoms with van der Waals surface area (Å²) < 4.78 is 0. The Hall–Kier alpha value is -2.06. The first-order chi connectivity index (χ1) is 10.7. The summed E-state index contributed by atoms with van der Waals surface area (Å²) in [4.78, 5) is 16.2. The standard InChI is InChI=1S/C14H17N5O2S/c20-11-4-2-1-3-10(11)17-12-6-5-9(7-15-12)13(21)18-14-19-16-8-22-14/h5-8,10-11,20H,1-4H2,(H,15,17)(H,18,19,21). The fraction of sp³-hybridized carbons (Fsp3) is 0.429. The van der Waals surface area contributed by atoms with E-state index in [1.165, 1.54) is 17.5 Å². The van der Waals surface area contributed by atoms with Crippen molar-refractivity contribution in [3.8, 4) is 0 Å². The molecule has 1 amide bonds. The number of nitrogens with one attached hydrogen (secondary N) is 2. The molecule has 8 heteroatoms. The third-order valence-corrected chi connectivity index (χ3v) is 4.28. The van der Waals surface area contributed by atoms with E-state index in [1.807, 2.05) is 0 Å². The average molecular weight is 319 g/mol. The van der Waals surface area contributed by atoms with Crippen LogP contribution in [0.1, 0.15) is 36.0 Å². The minimum atomic E-state index is -0.337. The predicted molar refractivity (Wildman–Crippen MR) is 84.0 cm³/mol. The van der Waals surface area contributed by atoms with Crippen LogP contribution >= 0.6 is 11.3 Å². The molecule has 3 N–H and O–H groups in total. The minimum Gasteiger partial charge on any atom is -0.391 e. The molecule has 7 nitrogen and oxygen atoms in total. The van der Waals surface area contributed by atoms with Crippen LogP contribution in [0.2, 0.25) is 0 Å². The molecule has 0 aliphatic heterocycles. The van der Waals surface area contributed by atoms with E-state index in [0.717, 1.165) is 25.7 Å². The van der Waals surface area contributed by atoms with Gasteiger partial charge in [-0.25, -0.2) is 4.98 Å². The van der Waals surface area contributed by atoms with Crippen LogP contribution in [0.15, 0.2) is 23.8 Å². The van der Waals surface area contributed by atoms with Gasteiger partial charge >= 0.3 is 0 Å². The summed E-state index contributed by atoms with van der Waals surface area (Å²) in [6.45, 7) is 0. The van der Waals surface area contributed by atoms with Crippen molar-refractivity contribution in [2.45, 2.75) is 37.8 Å². The van der Waals surface area contributed by atoms with Gasteiger partial charge in [0.15, 0.2) is 0 Å². The van der Waals surface area contributed by atoms with Gasteiger partial charge in [-0.3, -0.25) is 10.1 Å². The van der Waals surface area contributed by atoms with Gasteiger partial charge < -0.3 is 10.4 Å². The van der Waals surface area contributed by atoms with E-state index in [0.29, 0.717) is 16.5 Å². The second-order valence-corrected chi connectivity index (χ2v) is 6.07. The Kier molecular flexibility index (Phi) is 4.59. The zero-order valence-electron chi connectivity index (χ0n) is 11.9. The summed E-state index contributed by atoms with van der Waals surface area (Å²) in [6, 6.07) is 3.47. The lowest BCUT2D eigenvalue weighted by molar-refractivity contribution is 0.102. The highest BCUT2D eigenvalue weighted by Gasteiger charge is 2.23. The molecule has 116 valence electrons. The summed E-state index contributed by atoms with van der Waals surface area (Å²) >= 11 is 1.26. The molecule has 0 aromatic carbocycles. The Labute approximate surface area is 131 Å². The van der Waals surface area contributed by atoms with Gasteiger partial charge in [-0.1, -0.05) is 24.2 Å². The van der Waals surface area contributed by atoms with Crippen LogP contribution in [0.3, 0.4) is 0 Å². The number of hydrogen-bond donors (Lipinski definition) is 3. The molecule has 0 bridgehead atoms. The molecule has 2 heterocycles. The number of nitrogens with zero attached hydrogens (tertiary/aromatic N) is 3. The zero-order valence-corrected chi connectivity index (χ0v) is 12.7. The number of amides is 1. The fourth-order valence-electron chi connectivity index (χ4n) is 2.48. The number of anilines is 2. The van der Waals surface area contributed by atoms with Gasteiger partial charge in [0.2, 0.25) is 5.13 Å². The van der Waals surface area contributed by atoms with Crippen LogP contribution in [0.4, 0.5) is 10.9 Å². The molecule has 2 aromatic rings. The third kappa shape index (κ3) is 3.58. The smallest absolute Gasteiger partial charge is 0.259 e. The first kappa shape index (κ1) is 14.9. The largest absolute Gasteiger partial charge is 0.391 e. The van der Waals surface area contributed by atoms with Crippen molar-refractivity contribution >= 4 is 28.2 Å². The molecule has 2 unspecified atom stereocenters. The highest BCUT2D eigenvalue weighted by Crippen LogP contribution is 2.21. The number of aliphatic hydroxyl groups excluding tert-OH is 1. The van der Waals surface area contributed by atoms with Crippen LogP contribution in [-0.2, 0) is 0 Å². The van der Waals surface area contributed by atoms with Crippen molar-refractivity contribution in [2.75, 3.05) is 10.6 Å². The minimum absolute atomic E-state index is 0.0299. The second kappa shape index (κ2) is 6.80. The van der Waals surface area contributed by atoms with Crippen LogP contribution < -0.4 is 10.6 Å². The summed E-state index contributed by atoms with van der Waals surface area (Å²) in [6.07, 6.45) is 5.10. The van der Waals surface area contributed by atoms with Crippen molar-refractivity contribution < 1.29 is 9.90 Å². The maximum atomic E-state index is 12.0. The van der Waals surface area contributed by atoms with Crippen LogP contribution in [0.5, 0.6) is 0 Å². The van der Waals surface area contributed by atoms with Crippen LogP contribution in [0, 0.1) is 0 Å². The van der Waals surface area contributed by atoms with Gasteiger partial charge in [0.1, 0.15) is 11.3 Å². The van der Waals surface area contributed by atoms with E-state index in [4.69, 9.17) is 0 Å². The Morgan fingerprint density at radius 2 is 2.18 bits per heavy atom. The van der Waals surface area contributed by atoms with E-state index < -0.39 is 0 Å². The zero-order chi connectivity index (χ0) is 15.4. The Balaban J connectivity index is 1.61. The van der Waals surface area contributed by atoms with Gasteiger partial charge in [0, 0.05) is 6.20 Å². The molecule has 22 heavy (non-hydrogen) atoms. The lowest BCUT2D eigenvalue weighted by atomic mass is 9.92. The average Bonchev–Trinajstić information content (AvgIpc) is 3.03. The van der Waals surface area contributed by atoms with Gasteiger partial charge in [-0.05, 0) is 25.0 Å². The van der Waals surface area contributed by atoms with E-state index >= 15 is 0 Å². The molecule has 3 rings (SSSR count). The highest BCUT2D eigenvalue weighted by atomic mass is 32.1. The van der Waals surface area contributed by atoms with Gasteiger partial charge in [-0.15, -0.1) is 10.2 Å². The van der Waals surface area contributed by atoms with E-state index in [2.05, 4.69) is 25.8 Å². The monoisotopic (exact) mass is 319 g/mol. The number of carbonyl (C=O) groups excluding carboxylic acids is 1. The topological polar surface area (TPSA) is 100 Å². The Morgan fingerprint density at radius 1 is 1.32 bits per heavy atom. The quantitative estimate of drug-likeness (QED) is 0.796. The maximum Gasteiger partial charge on any atom is 0.259 e. The molecule has 0 spiro atoms. The highest BCUT2D eigenvalue weighted by molar-refractivity contribution is 7.13.